The number of carbonyl (C=O) groups is 2. The molecule has 134 valence electrons. The third-order valence-corrected chi connectivity index (χ3v) is 4.66. The van der Waals surface area contributed by atoms with Gasteiger partial charge in [0, 0.05) is 12.2 Å². The van der Waals surface area contributed by atoms with Gasteiger partial charge >= 0.3 is 6.09 Å². The van der Waals surface area contributed by atoms with Gasteiger partial charge in [0.2, 0.25) is 5.91 Å². The highest BCUT2D eigenvalue weighted by Crippen LogP contribution is 2.27. The van der Waals surface area contributed by atoms with Gasteiger partial charge in [0.1, 0.15) is 19.0 Å². The average molecular weight is 352 g/mol. The molecule has 2 aliphatic rings. The molecule has 2 heterocycles. The van der Waals surface area contributed by atoms with Crippen LogP contribution < -0.4 is 10.1 Å². The lowest BCUT2D eigenvalue weighted by Gasteiger charge is -2.24. The fourth-order valence-corrected chi connectivity index (χ4v) is 3.28. The van der Waals surface area contributed by atoms with Crippen LogP contribution in [0.15, 0.2) is 48.5 Å². The minimum atomic E-state index is -0.294. The van der Waals surface area contributed by atoms with E-state index in [2.05, 4.69) is 5.32 Å². The predicted octanol–water partition coefficient (Wildman–Crippen LogP) is 2.83. The molecule has 2 aliphatic heterocycles. The summed E-state index contributed by atoms with van der Waals surface area (Å²) in [5.41, 5.74) is 2.73. The Hall–Kier alpha value is -3.02. The van der Waals surface area contributed by atoms with Crippen molar-refractivity contribution in [3.63, 3.8) is 0 Å². The van der Waals surface area contributed by atoms with Crippen molar-refractivity contribution in [3.05, 3.63) is 59.7 Å². The molecule has 6 heteroatoms. The van der Waals surface area contributed by atoms with Crippen molar-refractivity contribution in [1.82, 2.24) is 4.90 Å². The monoisotopic (exact) mass is 352 g/mol. The maximum Gasteiger partial charge on any atom is 0.410 e. The molecule has 0 aromatic heterocycles. The number of para-hydroxylation sites is 1. The van der Waals surface area contributed by atoms with E-state index in [1.165, 1.54) is 0 Å². The van der Waals surface area contributed by atoms with Crippen LogP contribution >= 0.6 is 0 Å². The van der Waals surface area contributed by atoms with Crippen molar-refractivity contribution in [3.8, 4) is 5.75 Å². The molecule has 0 radical (unpaired) electrons. The third kappa shape index (κ3) is 3.49. The summed E-state index contributed by atoms with van der Waals surface area (Å²) in [5, 5.41) is 2.97. The molecular formula is C20H20N2O4. The number of cyclic esters (lactones) is 1. The Balaban J connectivity index is 1.40. The van der Waals surface area contributed by atoms with Crippen LogP contribution in [-0.4, -0.2) is 36.7 Å². The van der Waals surface area contributed by atoms with E-state index in [-0.39, 0.29) is 17.9 Å². The van der Waals surface area contributed by atoms with Crippen molar-refractivity contribution in [2.75, 3.05) is 25.1 Å². The molecule has 0 bridgehead atoms. The summed E-state index contributed by atoms with van der Waals surface area (Å²) in [6.07, 6.45) is 0.374. The molecule has 6 nitrogen and oxygen atoms in total. The number of anilines is 1. The van der Waals surface area contributed by atoms with Gasteiger partial charge in [0.25, 0.3) is 0 Å². The van der Waals surface area contributed by atoms with E-state index >= 15 is 0 Å². The molecule has 1 saturated heterocycles. The highest BCUT2D eigenvalue weighted by atomic mass is 16.6. The number of ether oxygens (including phenoxy) is 2. The lowest BCUT2D eigenvalue weighted by Crippen LogP contribution is -2.32. The lowest BCUT2D eigenvalue weighted by molar-refractivity contribution is -0.121. The maximum atomic E-state index is 12.6. The molecule has 0 saturated carbocycles. The number of nitrogens with zero attached hydrogens (tertiary/aromatic N) is 1. The van der Waals surface area contributed by atoms with Crippen LogP contribution in [0.4, 0.5) is 10.5 Å². The van der Waals surface area contributed by atoms with E-state index in [1.54, 1.807) is 4.90 Å². The van der Waals surface area contributed by atoms with Crippen LogP contribution in [0.1, 0.15) is 11.1 Å². The molecule has 1 N–H and O–H groups in total. The molecule has 4 rings (SSSR count). The zero-order valence-electron chi connectivity index (χ0n) is 14.3. The Bertz CT molecular complexity index is 836. The molecule has 2 aromatic rings. The summed E-state index contributed by atoms with van der Waals surface area (Å²) >= 11 is 0. The Morgan fingerprint density at radius 1 is 1.15 bits per heavy atom. The van der Waals surface area contributed by atoms with E-state index < -0.39 is 0 Å². The molecule has 0 spiro atoms. The van der Waals surface area contributed by atoms with Crippen molar-refractivity contribution >= 4 is 17.7 Å². The zero-order valence-corrected chi connectivity index (χ0v) is 14.3. The number of fused-ring (bicyclic) bond motifs is 1. The van der Waals surface area contributed by atoms with E-state index in [0.717, 1.165) is 22.6 Å². The zero-order chi connectivity index (χ0) is 17.9. The molecule has 1 fully saturated rings. The van der Waals surface area contributed by atoms with E-state index in [9.17, 15) is 9.59 Å². The van der Waals surface area contributed by atoms with Gasteiger partial charge in [-0.15, -0.1) is 0 Å². The molecular weight excluding hydrogens is 332 g/mol. The fraction of sp³-hybridized carbons (Fsp3) is 0.300. The lowest BCUT2D eigenvalue weighted by atomic mass is 9.96. The Morgan fingerprint density at radius 2 is 2.04 bits per heavy atom. The summed E-state index contributed by atoms with van der Waals surface area (Å²) in [6, 6.07) is 15.3. The minimum absolute atomic E-state index is 0.0581. The van der Waals surface area contributed by atoms with Crippen LogP contribution in [0, 0.1) is 5.92 Å². The summed E-state index contributed by atoms with van der Waals surface area (Å²) in [6.45, 7) is 1.87. The van der Waals surface area contributed by atoms with Gasteiger partial charge in [-0.2, -0.15) is 0 Å². The maximum absolute atomic E-state index is 12.6. The molecule has 1 unspecified atom stereocenters. The first-order valence-corrected chi connectivity index (χ1v) is 8.71. The molecule has 26 heavy (non-hydrogen) atoms. The summed E-state index contributed by atoms with van der Waals surface area (Å²) in [5.74, 6) is 0.579. The largest absolute Gasteiger partial charge is 0.492 e. The average Bonchev–Trinajstić information content (AvgIpc) is 3.06. The van der Waals surface area contributed by atoms with Gasteiger partial charge in [0.05, 0.1) is 12.5 Å². The standard InChI is InChI=1S/C20H20N2O4/c23-19(16-11-15-5-1-2-7-18(15)26-13-16)21-17-6-3-4-14(10-17)12-22-8-9-25-20(22)24/h1-7,10,16H,8-9,11-13H2,(H,21,23). The highest BCUT2D eigenvalue weighted by Gasteiger charge is 2.26. The third-order valence-electron chi connectivity index (χ3n) is 4.66. The van der Waals surface area contributed by atoms with Gasteiger partial charge in [-0.1, -0.05) is 30.3 Å². The van der Waals surface area contributed by atoms with E-state index in [4.69, 9.17) is 9.47 Å². The van der Waals surface area contributed by atoms with Gasteiger partial charge < -0.3 is 19.7 Å². The second-order valence-electron chi connectivity index (χ2n) is 6.55. The number of rotatable bonds is 4. The van der Waals surface area contributed by atoms with E-state index in [1.807, 2.05) is 48.5 Å². The summed E-state index contributed by atoms with van der Waals surface area (Å²) < 4.78 is 10.6. The number of hydrogen-bond donors (Lipinski definition) is 1. The van der Waals surface area contributed by atoms with Crippen molar-refractivity contribution in [2.24, 2.45) is 5.92 Å². The highest BCUT2D eigenvalue weighted by molar-refractivity contribution is 5.93. The van der Waals surface area contributed by atoms with Crippen LogP contribution in [-0.2, 0) is 22.5 Å². The Labute approximate surface area is 151 Å². The van der Waals surface area contributed by atoms with Gasteiger partial charge in [-0.25, -0.2) is 4.79 Å². The van der Waals surface area contributed by atoms with Gasteiger partial charge in [-0.3, -0.25) is 4.79 Å². The Kier molecular flexibility index (Phi) is 4.48. The quantitative estimate of drug-likeness (QED) is 0.919. The number of carbonyl (C=O) groups excluding carboxylic acids is 2. The van der Waals surface area contributed by atoms with Gasteiger partial charge in [0.15, 0.2) is 0 Å². The van der Waals surface area contributed by atoms with Gasteiger partial charge in [-0.05, 0) is 35.7 Å². The van der Waals surface area contributed by atoms with Crippen LogP contribution in [0.2, 0.25) is 0 Å². The fourth-order valence-electron chi connectivity index (χ4n) is 3.28. The van der Waals surface area contributed by atoms with Crippen molar-refractivity contribution < 1.29 is 19.1 Å². The molecule has 1 atom stereocenters. The molecule has 0 aliphatic carbocycles. The SMILES string of the molecule is O=C(Nc1cccc(CN2CCOC2=O)c1)C1COc2ccccc2C1. The first-order chi connectivity index (χ1) is 12.7. The molecule has 2 aromatic carbocycles. The predicted molar refractivity (Wildman–Crippen MR) is 96.0 cm³/mol. The summed E-state index contributed by atoms with van der Waals surface area (Å²) in [4.78, 5) is 25.8. The number of hydrogen-bond acceptors (Lipinski definition) is 4. The second-order valence-corrected chi connectivity index (χ2v) is 6.55. The second kappa shape index (κ2) is 7.07. The number of benzene rings is 2. The topological polar surface area (TPSA) is 67.9 Å². The normalized spacial score (nSPS) is 18.7. The number of amides is 2. The molecule has 2 amide bonds. The van der Waals surface area contributed by atoms with Crippen LogP contribution in [0.3, 0.4) is 0 Å². The first-order valence-electron chi connectivity index (χ1n) is 8.71. The van der Waals surface area contributed by atoms with Crippen molar-refractivity contribution in [1.29, 1.82) is 0 Å². The van der Waals surface area contributed by atoms with Crippen molar-refractivity contribution in [2.45, 2.75) is 13.0 Å². The number of nitrogens with one attached hydrogen (secondary N) is 1. The smallest absolute Gasteiger partial charge is 0.410 e. The minimum Gasteiger partial charge on any atom is -0.492 e. The first kappa shape index (κ1) is 16.4. The van der Waals surface area contributed by atoms with Crippen LogP contribution in [0.25, 0.3) is 0 Å². The summed E-state index contributed by atoms with van der Waals surface area (Å²) in [7, 11) is 0. The Morgan fingerprint density at radius 3 is 2.88 bits per heavy atom. The van der Waals surface area contributed by atoms with E-state index in [0.29, 0.717) is 32.7 Å². The van der Waals surface area contributed by atoms with Crippen LogP contribution in [0.5, 0.6) is 5.75 Å².